The zero-order valence-electron chi connectivity index (χ0n) is 12.0. The molecule has 0 spiro atoms. The fraction of sp³-hybridized carbons (Fsp3) is 0.286. The normalized spacial score (nSPS) is 12.0. The zero-order valence-corrected chi connectivity index (χ0v) is 12.0. The highest BCUT2D eigenvalue weighted by atomic mass is 16.6. The van der Waals surface area contributed by atoms with Gasteiger partial charge in [0.05, 0.1) is 4.92 Å². The lowest BCUT2D eigenvalue weighted by molar-refractivity contribution is -0.384. The molecule has 0 aliphatic rings. The third-order valence-electron chi connectivity index (χ3n) is 2.60. The first-order valence-corrected chi connectivity index (χ1v) is 6.15. The van der Waals surface area contributed by atoms with Crippen molar-refractivity contribution in [3.05, 3.63) is 46.0 Å². The zero-order chi connectivity index (χ0) is 16.0. The average molecular weight is 292 g/mol. The number of hydrogen-bond donors (Lipinski definition) is 0. The molecule has 7 nitrogen and oxygen atoms in total. The number of rotatable bonds is 5. The first kappa shape index (κ1) is 16.4. The molecule has 0 aromatic heterocycles. The van der Waals surface area contributed by atoms with Crippen LogP contribution in [0.5, 0.6) is 0 Å². The fourth-order valence-electron chi connectivity index (χ4n) is 1.50. The Morgan fingerprint density at radius 3 is 2.33 bits per heavy atom. The van der Waals surface area contributed by atoms with E-state index in [1.807, 2.05) is 0 Å². The third kappa shape index (κ3) is 5.06. The Bertz CT molecular complexity index is 563. The number of hydrogen-bond acceptors (Lipinski definition) is 5. The first-order valence-electron chi connectivity index (χ1n) is 6.15. The van der Waals surface area contributed by atoms with Crippen molar-refractivity contribution in [2.24, 2.45) is 0 Å². The minimum atomic E-state index is -0.867. The number of nitro benzene ring substituents is 1. The van der Waals surface area contributed by atoms with Crippen molar-refractivity contribution in [1.29, 1.82) is 0 Å². The van der Waals surface area contributed by atoms with Gasteiger partial charge in [-0.2, -0.15) is 0 Å². The van der Waals surface area contributed by atoms with Crippen LogP contribution in [0.15, 0.2) is 30.3 Å². The van der Waals surface area contributed by atoms with E-state index in [4.69, 9.17) is 4.74 Å². The van der Waals surface area contributed by atoms with E-state index < -0.39 is 17.0 Å². The average Bonchev–Trinajstić information content (AvgIpc) is 2.44. The molecule has 7 heteroatoms. The molecular weight excluding hydrogens is 276 g/mol. The molecule has 1 atom stereocenters. The topological polar surface area (TPSA) is 89.7 Å². The standard InChI is InChI=1S/C14H16N2O5/c1-10(14(18)15(2)3)21-13(17)9-6-11-4-7-12(8-5-11)16(19)20/h4-10H,1-3H3/b9-6+/t10-/m1/s1. The van der Waals surface area contributed by atoms with Gasteiger partial charge in [-0.25, -0.2) is 4.79 Å². The molecule has 0 aliphatic carbocycles. The van der Waals surface area contributed by atoms with Crippen LogP contribution in [-0.2, 0) is 14.3 Å². The Morgan fingerprint density at radius 2 is 1.86 bits per heavy atom. The molecule has 0 unspecified atom stereocenters. The number of likely N-dealkylation sites (N-methyl/N-ethyl adjacent to an activating group) is 1. The first-order chi connectivity index (χ1) is 9.81. The van der Waals surface area contributed by atoms with Crippen LogP contribution in [0.1, 0.15) is 12.5 Å². The van der Waals surface area contributed by atoms with Crippen LogP contribution < -0.4 is 0 Å². The predicted octanol–water partition coefficient (Wildman–Crippen LogP) is 1.63. The number of amides is 1. The van der Waals surface area contributed by atoms with E-state index in [9.17, 15) is 19.7 Å². The molecule has 0 radical (unpaired) electrons. The van der Waals surface area contributed by atoms with Gasteiger partial charge < -0.3 is 9.64 Å². The van der Waals surface area contributed by atoms with Crippen molar-refractivity contribution in [1.82, 2.24) is 4.90 Å². The summed E-state index contributed by atoms with van der Waals surface area (Å²) in [5, 5.41) is 10.5. The highest BCUT2D eigenvalue weighted by molar-refractivity contribution is 5.90. The van der Waals surface area contributed by atoms with Crippen LogP contribution in [0.3, 0.4) is 0 Å². The number of nitrogens with zero attached hydrogens (tertiary/aromatic N) is 2. The van der Waals surface area contributed by atoms with E-state index in [0.717, 1.165) is 0 Å². The summed E-state index contributed by atoms with van der Waals surface area (Å²) in [6.45, 7) is 1.49. The van der Waals surface area contributed by atoms with E-state index in [-0.39, 0.29) is 11.6 Å². The molecule has 0 fully saturated rings. The Morgan fingerprint density at radius 1 is 1.29 bits per heavy atom. The van der Waals surface area contributed by atoms with Crippen LogP contribution in [0.2, 0.25) is 0 Å². The molecule has 1 amide bonds. The molecule has 1 rings (SSSR count). The summed E-state index contributed by atoms with van der Waals surface area (Å²) in [6, 6.07) is 5.69. The monoisotopic (exact) mass is 292 g/mol. The second kappa shape index (κ2) is 7.18. The number of carbonyl (C=O) groups is 2. The predicted molar refractivity (Wildman–Crippen MR) is 76.4 cm³/mol. The molecule has 0 N–H and O–H groups in total. The van der Waals surface area contributed by atoms with Crippen LogP contribution in [-0.4, -0.2) is 41.9 Å². The van der Waals surface area contributed by atoms with Crippen molar-refractivity contribution in [2.75, 3.05) is 14.1 Å². The van der Waals surface area contributed by atoms with Crippen molar-refractivity contribution in [2.45, 2.75) is 13.0 Å². The fourth-order valence-corrected chi connectivity index (χ4v) is 1.50. The smallest absolute Gasteiger partial charge is 0.331 e. The lowest BCUT2D eigenvalue weighted by Gasteiger charge is -2.16. The Balaban J connectivity index is 2.62. The van der Waals surface area contributed by atoms with Gasteiger partial charge in [-0.15, -0.1) is 0 Å². The number of nitro groups is 1. The second-order valence-corrected chi connectivity index (χ2v) is 4.49. The summed E-state index contributed by atoms with van der Waals surface area (Å²) in [5.74, 6) is -0.969. The summed E-state index contributed by atoms with van der Waals surface area (Å²) in [4.78, 5) is 34.4. The maximum Gasteiger partial charge on any atom is 0.331 e. The molecule has 0 aliphatic heterocycles. The molecule has 1 aromatic rings. The second-order valence-electron chi connectivity index (χ2n) is 4.49. The maximum absolute atomic E-state index is 11.5. The minimum Gasteiger partial charge on any atom is -0.449 e. The van der Waals surface area contributed by atoms with E-state index in [2.05, 4.69) is 0 Å². The largest absolute Gasteiger partial charge is 0.449 e. The number of benzene rings is 1. The Hall–Kier alpha value is -2.70. The molecule has 1 aromatic carbocycles. The quantitative estimate of drug-likeness (QED) is 0.356. The molecule has 0 bridgehead atoms. The van der Waals surface area contributed by atoms with Gasteiger partial charge in [0.2, 0.25) is 0 Å². The lowest BCUT2D eigenvalue weighted by Crippen LogP contribution is -2.34. The highest BCUT2D eigenvalue weighted by Crippen LogP contribution is 2.12. The molecule has 0 saturated carbocycles. The van der Waals surface area contributed by atoms with Crippen LogP contribution in [0.4, 0.5) is 5.69 Å². The number of carbonyl (C=O) groups excluding carboxylic acids is 2. The maximum atomic E-state index is 11.5. The highest BCUT2D eigenvalue weighted by Gasteiger charge is 2.17. The molecular formula is C14H16N2O5. The number of ether oxygens (including phenoxy) is 1. The van der Waals surface area contributed by atoms with E-state index in [1.165, 1.54) is 48.2 Å². The van der Waals surface area contributed by atoms with Crippen molar-refractivity contribution in [3.8, 4) is 0 Å². The van der Waals surface area contributed by atoms with Crippen LogP contribution in [0.25, 0.3) is 6.08 Å². The third-order valence-corrected chi connectivity index (χ3v) is 2.60. The van der Waals surface area contributed by atoms with E-state index >= 15 is 0 Å². The molecule has 0 heterocycles. The van der Waals surface area contributed by atoms with Gasteiger partial charge in [0.25, 0.3) is 11.6 Å². The summed E-state index contributed by atoms with van der Waals surface area (Å²) in [5.41, 5.74) is 0.587. The number of non-ortho nitro benzene ring substituents is 1. The van der Waals surface area contributed by atoms with Crippen molar-refractivity contribution >= 4 is 23.6 Å². The van der Waals surface area contributed by atoms with Gasteiger partial charge in [0, 0.05) is 32.3 Å². The van der Waals surface area contributed by atoms with Crippen molar-refractivity contribution in [3.63, 3.8) is 0 Å². The van der Waals surface area contributed by atoms with Crippen molar-refractivity contribution < 1.29 is 19.2 Å². The van der Waals surface area contributed by atoms with Gasteiger partial charge in [-0.1, -0.05) is 0 Å². The molecule has 0 saturated heterocycles. The van der Waals surface area contributed by atoms with E-state index in [1.54, 1.807) is 14.1 Å². The van der Waals surface area contributed by atoms with Gasteiger partial charge in [0.15, 0.2) is 6.10 Å². The summed E-state index contributed by atoms with van der Waals surface area (Å²) >= 11 is 0. The summed E-state index contributed by atoms with van der Waals surface area (Å²) < 4.78 is 4.93. The van der Waals surface area contributed by atoms with Gasteiger partial charge in [-0.3, -0.25) is 14.9 Å². The number of esters is 1. The lowest BCUT2D eigenvalue weighted by atomic mass is 10.2. The minimum absolute atomic E-state index is 0.0278. The van der Waals surface area contributed by atoms with Crippen LogP contribution in [0, 0.1) is 10.1 Å². The Labute approximate surface area is 122 Å². The van der Waals surface area contributed by atoms with Gasteiger partial charge in [0.1, 0.15) is 0 Å². The summed E-state index contributed by atoms with van der Waals surface area (Å²) in [6.07, 6.45) is 1.76. The molecule has 112 valence electrons. The van der Waals surface area contributed by atoms with Gasteiger partial charge >= 0.3 is 5.97 Å². The summed E-state index contributed by atoms with van der Waals surface area (Å²) in [7, 11) is 3.14. The Kier molecular flexibility index (Phi) is 5.59. The SMILES string of the molecule is C[C@@H](OC(=O)/C=C/c1ccc([N+](=O)[O-])cc1)C(=O)N(C)C. The van der Waals surface area contributed by atoms with Crippen LogP contribution >= 0.6 is 0 Å². The van der Waals surface area contributed by atoms with Gasteiger partial charge in [-0.05, 0) is 30.7 Å². The van der Waals surface area contributed by atoms with E-state index in [0.29, 0.717) is 5.56 Å². The molecule has 21 heavy (non-hydrogen) atoms.